The number of carboxylic acid groups (broad SMARTS) is 1. The van der Waals surface area contributed by atoms with Gasteiger partial charge in [-0.15, -0.1) is 5.10 Å². The summed E-state index contributed by atoms with van der Waals surface area (Å²) in [6, 6.07) is -0.486. The Morgan fingerprint density at radius 1 is 1.50 bits per heavy atom. The summed E-state index contributed by atoms with van der Waals surface area (Å²) in [6.45, 7) is 2.73. The van der Waals surface area contributed by atoms with Crippen molar-refractivity contribution >= 4 is 12.0 Å². The average molecular weight is 255 g/mol. The number of nitrogens with zero attached hydrogens (tertiary/aromatic N) is 3. The minimum Gasteiger partial charge on any atom is -0.481 e. The maximum atomic E-state index is 11.4. The lowest BCUT2D eigenvalue weighted by Gasteiger charge is -2.13. The van der Waals surface area contributed by atoms with Crippen molar-refractivity contribution in [1.82, 2.24) is 25.6 Å². The van der Waals surface area contributed by atoms with Crippen molar-refractivity contribution in [3.63, 3.8) is 0 Å². The second kappa shape index (κ2) is 7.25. The second-order valence-electron chi connectivity index (χ2n) is 3.90. The first-order chi connectivity index (χ1) is 8.58. The number of carbonyl (C=O) groups excluding carboxylic acids is 1. The lowest BCUT2D eigenvalue weighted by molar-refractivity contribution is -0.137. The molecule has 0 aliphatic carbocycles. The van der Waals surface area contributed by atoms with Crippen molar-refractivity contribution in [2.24, 2.45) is 0 Å². The van der Waals surface area contributed by atoms with Crippen molar-refractivity contribution in [3.8, 4) is 0 Å². The Bertz CT molecular complexity index is 379. The van der Waals surface area contributed by atoms with Crippen LogP contribution in [0, 0.1) is 0 Å². The highest BCUT2D eigenvalue weighted by Gasteiger charge is 2.08. The fourth-order valence-electron chi connectivity index (χ4n) is 1.32. The first kappa shape index (κ1) is 13.9. The predicted octanol–water partition coefficient (Wildman–Crippen LogP) is -0.169. The van der Waals surface area contributed by atoms with Gasteiger partial charge in [-0.25, -0.2) is 4.79 Å². The Balaban J connectivity index is 2.11. The molecule has 3 N–H and O–H groups in total. The normalized spacial score (nSPS) is 11.8. The number of aliphatic carboxylic acids is 1. The van der Waals surface area contributed by atoms with Gasteiger partial charge in [-0.1, -0.05) is 5.21 Å². The van der Waals surface area contributed by atoms with E-state index >= 15 is 0 Å². The molecule has 0 spiro atoms. The highest BCUT2D eigenvalue weighted by atomic mass is 16.4. The van der Waals surface area contributed by atoms with Crippen LogP contribution in [0.2, 0.25) is 0 Å². The largest absolute Gasteiger partial charge is 0.481 e. The summed E-state index contributed by atoms with van der Waals surface area (Å²) in [5, 5.41) is 21.2. The number of hydrogen-bond donors (Lipinski definition) is 3. The summed E-state index contributed by atoms with van der Waals surface area (Å²) in [5.41, 5.74) is 0. The van der Waals surface area contributed by atoms with Crippen LogP contribution < -0.4 is 10.6 Å². The quantitative estimate of drug-likeness (QED) is 0.626. The smallest absolute Gasteiger partial charge is 0.315 e. The monoisotopic (exact) mass is 255 g/mol. The molecule has 18 heavy (non-hydrogen) atoms. The Morgan fingerprint density at radius 3 is 2.89 bits per heavy atom. The van der Waals surface area contributed by atoms with Crippen molar-refractivity contribution in [2.75, 3.05) is 6.54 Å². The molecule has 0 saturated heterocycles. The fraction of sp³-hybridized carbons (Fsp3) is 0.600. The molecule has 0 saturated carbocycles. The van der Waals surface area contributed by atoms with Gasteiger partial charge in [0.15, 0.2) is 0 Å². The van der Waals surface area contributed by atoms with Gasteiger partial charge in [0.2, 0.25) is 0 Å². The van der Waals surface area contributed by atoms with E-state index in [1.54, 1.807) is 24.0 Å². The highest BCUT2D eigenvalue weighted by Crippen LogP contribution is 1.95. The molecule has 100 valence electrons. The standard InChI is InChI=1S/C10H17N5O3/c1-8(2-3-9(16)17)13-10(18)11-4-6-15-7-5-12-14-15/h5,7-8H,2-4,6H2,1H3,(H,16,17)(H2,11,13,18). The molecule has 0 radical (unpaired) electrons. The molecule has 1 atom stereocenters. The molecule has 8 nitrogen and oxygen atoms in total. The first-order valence-corrected chi connectivity index (χ1v) is 5.68. The molecule has 0 aliphatic heterocycles. The van der Waals surface area contributed by atoms with Crippen LogP contribution in [0.3, 0.4) is 0 Å². The lowest BCUT2D eigenvalue weighted by Crippen LogP contribution is -2.42. The Hall–Kier alpha value is -2.12. The van der Waals surface area contributed by atoms with Crippen molar-refractivity contribution in [2.45, 2.75) is 32.4 Å². The molecule has 0 aromatic carbocycles. The fourth-order valence-corrected chi connectivity index (χ4v) is 1.32. The van der Waals surface area contributed by atoms with E-state index in [1.165, 1.54) is 0 Å². The number of urea groups is 1. The summed E-state index contributed by atoms with van der Waals surface area (Å²) in [7, 11) is 0. The van der Waals surface area contributed by atoms with Gasteiger partial charge in [0.05, 0.1) is 12.7 Å². The van der Waals surface area contributed by atoms with Gasteiger partial charge in [0.1, 0.15) is 0 Å². The second-order valence-corrected chi connectivity index (χ2v) is 3.90. The molecular formula is C10H17N5O3. The first-order valence-electron chi connectivity index (χ1n) is 5.68. The number of aromatic nitrogens is 3. The number of nitrogens with one attached hydrogen (secondary N) is 2. The van der Waals surface area contributed by atoms with Gasteiger partial charge < -0.3 is 15.7 Å². The number of carbonyl (C=O) groups is 2. The summed E-state index contributed by atoms with van der Waals surface area (Å²) >= 11 is 0. The number of amides is 2. The van der Waals surface area contributed by atoms with Crippen LogP contribution in [-0.2, 0) is 11.3 Å². The van der Waals surface area contributed by atoms with Crippen molar-refractivity contribution in [1.29, 1.82) is 0 Å². The van der Waals surface area contributed by atoms with Gasteiger partial charge in [-0.3, -0.25) is 9.48 Å². The van der Waals surface area contributed by atoms with Crippen LogP contribution in [0.25, 0.3) is 0 Å². The Kier molecular flexibility index (Phi) is 5.62. The summed E-state index contributed by atoms with van der Waals surface area (Å²) in [4.78, 5) is 21.8. The molecular weight excluding hydrogens is 238 g/mol. The van der Waals surface area contributed by atoms with E-state index in [0.717, 1.165) is 0 Å². The zero-order valence-corrected chi connectivity index (χ0v) is 10.2. The third-order valence-electron chi connectivity index (χ3n) is 2.27. The topological polar surface area (TPSA) is 109 Å². The zero-order valence-electron chi connectivity index (χ0n) is 10.2. The number of rotatable bonds is 7. The highest BCUT2D eigenvalue weighted by molar-refractivity contribution is 5.74. The molecule has 1 aromatic rings. The van der Waals surface area contributed by atoms with E-state index in [1.807, 2.05) is 0 Å². The summed E-state index contributed by atoms with van der Waals surface area (Å²) in [5.74, 6) is -0.866. The van der Waals surface area contributed by atoms with Gasteiger partial charge in [-0.2, -0.15) is 0 Å². The average Bonchev–Trinajstić information content (AvgIpc) is 2.79. The Morgan fingerprint density at radius 2 is 2.28 bits per heavy atom. The number of carboxylic acids is 1. The van der Waals surface area contributed by atoms with E-state index < -0.39 is 5.97 Å². The maximum absolute atomic E-state index is 11.4. The summed E-state index contributed by atoms with van der Waals surface area (Å²) in [6.07, 6.45) is 3.72. The molecule has 1 aromatic heterocycles. The summed E-state index contributed by atoms with van der Waals surface area (Å²) < 4.78 is 1.61. The third kappa shape index (κ3) is 5.83. The molecule has 8 heteroatoms. The van der Waals surface area contributed by atoms with E-state index in [-0.39, 0.29) is 18.5 Å². The molecule has 1 rings (SSSR count). The minimum absolute atomic E-state index is 0.0421. The van der Waals surface area contributed by atoms with Crippen LogP contribution in [-0.4, -0.2) is 44.7 Å². The van der Waals surface area contributed by atoms with Crippen LogP contribution in [0.1, 0.15) is 19.8 Å². The van der Waals surface area contributed by atoms with Crippen LogP contribution in [0.5, 0.6) is 0 Å². The molecule has 0 fully saturated rings. The van der Waals surface area contributed by atoms with Crippen LogP contribution >= 0.6 is 0 Å². The van der Waals surface area contributed by atoms with Gasteiger partial charge in [0.25, 0.3) is 0 Å². The van der Waals surface area contributed by atoms with E-state index in [0.29, 0.717) is 19.5 Å². The van der Waals surface area contributed by atoms with E-state index in [9.17, 15) is 9.59 Å². The minimum atomic E-state index is -0.866. The van der Waals surface area contributed by atoms with Crippen LogP contribution in [0.15, 0.2) is 12.4 Å². The molecule has 2 amide bonds. The predicted molar refractivity (Wildman–Crippen MR) is 62.9 cm³/mol. The van der Waals surface area contributed by atoms with Crippen molar-refractivity contribution in [3.05, 3.63) is 12.4 Å². The molecule has 1 unspecified atom stereocenters. The van der Waals surface area contributed by atoms with E-state index in [4.69, 9.17) is 5.11 Å². The maximum Gasteiger partial charge on any atom is 0.315 e. The van der Waals surface area contributed by atoms with Gasteiger partial charge >= 0.3 is 12.0 Å². The van der Waals surface area contributed by atoms with E-state index in [2.05, 4.69) is 20.9 Å². The molecule has 0 aliphatic rings. The van der Waals surface area contributed by atoms with Gasteiger partial charge in [-0.05, 0) is 13.3 Å². The molecule has 0 bridgehead atoms. The third-order valence-corrected chi connectivity index (χ3v) is 2.27. The molecule has 1 heterocycles. The lowest BCUT2D eigenvalue weighted by atomic mass is 10.2. The van der Waals surface area contributed by atoms with Gasteiger partial charge in [0, 0.05) is 25.2 Å². The zero-order chi connectivity index (χ0) is 13.4. The SMILES string of the molecule is CC(CCC(=O)O)NC(=O)NCCn1ccnn1. The van der Waals surface area contributed by atoms with Crippen LogP contribution in [0.4, 0.5) is 4.79 Å². The number of hydrogen-bond acceptors (Lipinski definition) is 4. The Labute approximate surface area is 104 Å². The van der Waals surface area contributed by atoms with Crippen molar-refractivity contribution < 1.29 is 14.7 Å².